The summed E-state index contributed by atoms with van der Waals surface area (Å²) < 4.78 is 27.0. The number of hydrogen-bond acceptors (Lipinski definition) is 4. The van der Waals surface area contributed by atoms with E-state index < -0.39 is 10.0 Å². The quantitative estimate of drug-likeness (QED) is 0.808. The number of benzene rings is 2. The smallest absolute Gasteiger partial charge is 0.251 e. The number of carbonyl (C=O) groups excluding carboxylic acids is 1. The van der Waals surface area contributed by atoms with Gasteiger partial charge in [-0.2, -0.15) is 4.31 Å². The third kappa shape index (κ3) is 4.43. The van der Waals surface area contributed by atoms with Crippen LogP contribution in [0.3, 0.4) is 0 Å². The molecule has 1 aliphatic carbocycles. The lowest BCUT2D eigenvalue weighted by molar-refractivity contribution is 0.0951. The molecule has 2 aromatic rings. The van der Waals surface area contributed by atoms with Gasteiger partial charge in [0, 0.05) is 44.3 Å². The van der Waals surface area contributed by atoms with E-state index in [4.69, 9.17) is 0 Å². The van der Waals surface area contributed by atoms with Gasteiger partial charge in [0.05, 0.1) is 4.90 Å². The maximum Gasteiger partial charge on any atom is 0.251 e. The van der Waals surface area contributed by atoms with Gasteiger partial charge in [0.15, 0.2) is 0 Å². The van der Waals surface area contributed by atoms with Gasteiger partial charge in [-0.15, -0.1) is 0 Å². The first kappa shape index (κ1) is 19.1. The lowest BCUT2D eigenvalue weighted by Gasteiger charge is -2.34. The molecule has 148 valence electrons. The summed E-state index contributed by atoms with van der Waals surface area (Å²) >= 11 is 0. The van der Waals surface area contributed by atoms with E-state index in [1.165, 1.54) is 0 Å². The van der Waals surface area contributed by atoms with Crippen LogP contribution in [-0.2, 0) is 16.6 Å². The van der Waals surface area contributed by atoms with Crippen LogP contribution < -0.4 is 5.32 Å². The molecule has 6 nitrogen and oxygen atoms in total. The van der Waals surface area contributed by atoms with Crippen molar-refractivity contribution in [2.75, 3.05) is 26.2 Å². The van der Waals surface area contributed by atoms with E-state index in [0.717, 1.165) is 24.9 Å². The summed E-state index contributed by atoms with van der Waals surface area (Å²) in [7, 11) is -3.42. The number of hydrogen-bond donors (Lipinski definition) is 1. The van der Waals surface area contributed by atoms with Gasteiger partial charge in [-0.3, -0.25) is 9.69 Å². The van der Waals surface area contributed by atoms with Crippen molar-refractivity contribution < 1.29 is 13.2 Å². The highest BCUT2D eigenvalue weighted by atomic mass is 32.2. The highest BCUT2D eigenvalue weighted by Crippen LogP contribution is 2.20. The zero-order valence-electron chi connectivity index (χ0n) is 15.8. The predicted molar refractivity (Wildman–Crippen MR) is 107 cm³/mol. The van der Waals surface area contributed by atoms with Gasteiger partial charge >= 0.3 is 0 Å². The Kier molecular flexibility index (Phi) is 5.48. The number of sulfonamides is 1. The minimum absolute atomic E-state index is 0.00576. The topological polar surface area (TPSA) is 69.7 Å². The predicted octanol–water partition coefficient (Wildman–Crippen LogP) is 2.09. The zero-order valence-corrected chi connectivity index (χ0v) is 16.6. The summed E-state index contributed by atoms with van der Waals surface area (Å²) in [5.41, 5.74) is 1.82. The van der Waals surface area contributed by atoms with Crippen molar-refractivity contribution in [3.8, 4) is 0 Å². The first-order valence-electron chi connectivity index (χ1n) is 9.70. The number of amides is 1. The van der Waals surface area contributed by atoms with Crippen molar-refractivity contribution in [3.05, 3.63) is 65.7 Å². The monoisotopic (exact) mass is 399 g/mol. The molecule has 1 saturated carbocycles. The van der Waals surface area contributed by atoms with Gasteiger partial charge in [0.25, 0.3) is 5.91 Å². The zero-order chi connectivity index (χ0) is 19.6. The Hall–Kier alpha value is -2.22. The van der Waals surface area contributed by atoms with Gasteiger partial charge in [-0.1, -0.05) is 30.3 Å². The molecule has 0 radical (unpaired) electrons. The van der Waals surface area contributed by atoms with Crippen LogP contribution in [0.1, 0.15) is 28.8 Å². The fraction of sp³-hybridized carbons (Fsp3) is 0.381. The minimum atomic E-state index is -3.42. The summed E-state index contributed by atoms with van der Waals surface area (Å²) in [4.78, 5) is 14.7. The van der Waals surface area contributed by atoms with E-state index in [1.807, 2.05) is 30.3 Å². The normalized spacial score (nSPS) is 18.7. The van der Waals surface area contributed by atoms with E-state index in [-0.39, 0.29) is 5.91 Å². The molecule has 1 saturated heterocycles. The fourth-order valence-corrected chi connectivity index (χ4v) is 4.83. The summed E-state index contributed by atoms with van der Waals surface area (Å²) in [6.45, 7) is 3.11. The van der Waals surface area contributed by atoms with Crippen LogP contribution in [0.2, 0.25) is 0 Å². The molecule has 7 heteroatoms. The minimum Gasteiger partial charge on any atom is -0.349 e. The lowest BCUT2D eigenvalue weighted by atomic mass is 10.1. The van der Waals surface area contributed by atoms with Gasteiger partial charge in [0.1, 0.15) is 0 Å². The first-order valence-corrected chi connectivity index (χ1v) is 11.1. The molecule has 0 atom stereocenters. The molecular weight excluding hydrogens is 374 g/mol. The standard InChI is InChI=1S/C21H25N3O3S/c25-21(22-19-10-11-19)18-8-6-17(7-9-18)16-23-12-14-24(15-13-23)28(26,27)20-4-2-1-3-5-20/h1-9,19H,10-16H2,(H,22,25). The molecule has 0 unspecified atom stereocenters. The Balaban J connectivity index is 1.31. The molecular formula is C21H25N3O3S. The van der Waals surface area contributed by atoms with Crippen molar-refractivity contribution in [1.82, 2.24) is 14.5 Å². The van der Waals surface area contributed by atoms with Crippen molar-refractivity contribution in [2.45, 2.75) is 30.3 Å². The SMILES string of the molecule is O=C(NC1CC1)c1ccc(CN2CCN(S(=O)(=O)c3ccccc3)CC2)cc1. The second-order valence-electron chi connectivity index (χ2n) is 7.44. The fourth-order valence-electron chi connectivity index (χ4n) is 3.39. The Labute approximate surface area is 166 Å². The van der Waals surface area contributed by atoms with Crippen LogP contribution in [0.25, 0.3) is 0 Å². The van der Waals surface area contributed by atoms with Gasteiger partial charge in [-0.25, -0.2) is 8.42 Å². The largest absolute Gasteiger partial charge is 0.349 e. The van der Waals surface area contributed by atoms with Gasteiger partial charge in [0.2, 0.25) is 10.0 Å². The molecule has 28 heavy (non-hydrogen) atoms. The second-order valence-corrected chi connectivity index (χ2v) is 9.38. The molecule has 1 amide bonds. The average molecular weight is 400 g/mol. The van der Waals surface area contributed by atoms with Gasteiger partial charge in [-0.05, 0) is 42.7 Å². The van der Waals surface area contributed by atoms with Crippen LogP contribution >= 0.6 is 0 Å². The third-order valence-electron chi connectivity index (χ3n) is 5.25. The van der Waals surface area contributed by atoms with E-state index >= 15 is 0 Å². The van der Waals surface area contributed by atoms with Crippen LogP contribution in [0.4, 0.5) is 0 Å². The Morgan fingerprint density at radius 1 is 0.929 bits per heavy atom. The van der Waals surface area contributed by atoms with Crippen LogP contribution in [-0.4, -0.2) is 55.8 Å². The second kappa shape index (κ2) is 8.03. The highest BCUT2D eigenvalue weighted by Gasteiger charge is 2.28. The maximum absolute atomic E-state index is 12.7. The molecule has 4 rings (SSSR count). The van der Waals surface area contributed by atoms with Crippen molar-refractivity contribution in [2.24, 2.45) is 0 Å². The Morgan fingerprint density at radius 3 is 2.18 bits per heavy atom. The average Bonchev–Trinajstić information content (AvgIpc) is 3.53. The number of carbonyl (C=O) groups is 1. The summed E-state index contributed by atoms with van der Waals surface area (Å²) in [6, 6.07) is 16.6. The Morgan fingerprint density at radius 2 is 1.57 bits per heavy atom. The Bertz CT molecular complexity index is 917. The highest BCUT2D eigenvalue weighted by molar-refractivity contribution is 7.89. The van der Waals surface area contributed by atoms with Crippen molar-refractivity contribution in [3.63, 3.8) is 0 Å². The molecule has 2 aromatic carbocycles. The summed E-state index contributed by atoms with van der Waals surface area (Å²) in [6.07, 6.45) is 2.16. The van der Waals surface area contributed by atoms with Crippen LogP contribution in [0, 0.1) is 0 Å². The van der Waals surface area contributed by atoms with Crippen LogP contribution in [0.5, 0.6) is 0 Å². The molecule has 2 aliphatic rings. The van der Waals surface area contributed by atoms with Crippen LogP contribution in [0.15, 0.2) is 59.5 Å². The van der Waals surface area contributed by atoms with Crippen molar-refractivity contribution in [1.29, 1.82) is 0 Å². The number of nitrogens with zero attached hydrogens (tertiary/aromatic N) is 2. The van der Waals surface area contributed by atoms with E-state index in [9.17, 15) is 13.2 Å². The van der Waals surface area contributed by atoms with E-state index in [2.05, 4.69) is 10.2 Å². The number of nitrogens with one attached hydrogen (secondary N) is 1. The molecule has 1 aliphatic heterocycles. The summed E-state index contributed by atoms with van der Waals surface area (Å²) in [5.74, 6) is -0.00576. The van der Waals surface area contributed by atoms with E-state index in [0.29, 0.717) is 42.7 Å². The van der Waals surface area contributed by atoms with Crippen molar-refractivity contribution >= 4 is 15.9 Å². The number of piperazine rings is 1. The molecule has 0 spiro atoms. The molecule has 0 bridgehead atoms. The lowest BCUT2D eigenvalue weighted by Crippen LogP contribution is -2.48. The van der Waals surface area contributed by atoms with Gasteiger partial charge < -0.3 is 5.32 Å². The summed E-state index contributed by atoms with van der Waals surface area (Å²) in [5, 5.41) is 2.99. The maximum atomic E-state index is 12.7. The third-order valence-corrected chi connectivity index (χ3v) is 7.16. The molecule has 1 N–H and O–H groups in total. The molecule has 0 aromatic heterocycles. The number of rotatable bonds is 6. The first-order chi connectivity index (χ1) is 13.5. The molecule has 2 fully saturated rings. The van der Waals surface area contributed by atoms with E-state index in [1.54, 1.807) is 28.6 Å². The molecule has 1 heterocycles.